The third kappa shape index (κ3) is 7.91. The zero-order valence-corrected chi connectivity index (χ0v) is 14.4. The minimum absolute atomic E-state index is 0.360. The van der Waals surface area contributed by atoms with Gasteiger partial charge in [-0.2, -0.15) is 0 Å². The van der Waals surface area contributed by atoms with Crippen LogP contribution in [-0.2, 0) is 4.79 Å². The van der Waals surface area contributed by atoms with Crippen LogP contribution in [-0.4, -0.2) is 11.1 Å². The molecule has 0 amide bonds. The third-order valence-electron chi connectivity index (χ3n) is 4.30. The van der Waals surface area contributed by atoms with E-state index in [9.17, 15) is 9.90 Å². The van der Waals surface area contributed by atoms with Crippen LogP contribution in [0, 0.1) is 10.8 Å². The van der Waals surface area contributed by atoms with Crippen LogP contribution in [0.5, 0.6) is 0 Å². The quantitative estimate of drug-likeness (QED) is 0.469. The number of aliphatic carboxylic acids is 1. The van der Waals surface area contributed by atoms with E-state index in [1.54, 1.807) is 0 Å². The van der Waals surface area contributed by atoms with E-state index in [0.717, 1.165) is 57.8 Å². The molecule has 0 aromatic carbocycles. The Morgan fingerprint density at radius 2 is 1.20 bits per heavy atom. The largest absolute Gasteiger partial charge is 0.481 e. The summed E-state index contributed by atoms with van der Waals surface area (Å²) in [5, 5.41) is 9.74. The molecule has 2 nitrogen and oxygen atoms in total. The number of hydrogen-bond donors (Lipinski definition) is 1. The summed E-state index contributed by atoms with van der Waals surface area (Å²) in [5.41, 5.74) is -0.0946. The average Bonchev–Trinajstić information content (AvgIpc) is 2.35. The molecule has 20 heavy (non-hydrogen) atoms. The first-order valence-corrected chi connectivity index (χ1v) is 8.51. The van der Waals surface area contributed by atoms with Crippen LogP contribution in [0.4, 0.5) is 0 Å². The van der Waals surface area contributed by atoms with Gasteiger partial charge in [0.2, 0.25) is 0 Å². The Morgan fingerprint density at radius 1 is 0.800 bits per heavy atom. The number of unbranched alkanes of at least 4 members (excludes halogenated alkanes) is 3. The highest BCUT2D eigenvalue weighted by atomic mass is 16.4. The second kappa shape index (κ2) is 9.41. The zero-order chi connectivity index (χ0) is 15.6. The van der Waals surface area contributed by atoms with Crippen LogP contribution in [0.1, 0.15) is 98.8 Å². The lowest BCUT2D eigenvalue weighted by Gasteiger charge is -2.30. The lowest BCUT2D eigenvalue weighted by molar-refractivity contribution is -0.150. The maximum atomic E-state index is 11.8. The standard InChI is InChI=1S/C18H36O2/c1-6-8-13-18(16(19)20,14-9-7-2)15-11-10-12-17(3,4)5/h6-15H2,1-5H3,(H,19,20). The van der Waals surface area contributed by atoms with Crippen molar-refractivity contribution in [1.29, 1.82) is 0 Å². The fourth-order valence-corrected chi connectivity index (χ4v) is 2.84. The van der Waals surface area contributed by atoms with E-state index in [1.807, 2.05) is 0 Å². The number of carbonyl (C=O) groups is 1. The van der Waals surface area contributed by atoms with Crippen molar-refractivity contribution < 1.29 is 9.90 Å². The molecule has 0 rings (SSSR count). The summed E-state index contributed by atoms with van der Waals surface area (Å²) >= 11 is 0. The molecular formula is C18H36O2. The lowest BCUT2D eigenvalue weighted by Crippen LogP contribution is -2.31. The summed E-state index contributed by atoms with van der Waals surface area (Å²) in [6.07, 6.45) is 10.2. The van der Waals surface area contributed by atoms with Crippen molar-refractivity contribution in [2.24, 2.45) is 10.8 Å². The van der Waals surface area contributed by atoms with Crippen molar-refractivity contribution in [3.8, 4) is 0 Å². The molecule has 0 fully saturated rings. The molecule has 0 spiro atoms. The first-order valence-electron chi connectivity index (χ1n) is 8.51. The number of hydrogen-bond acceptors (Lipinski definition) is 1. The molecule has 0 aliphatic heterocycles. The summed E-state index contributed by atoms with van der Waals surface area (Å²) < 4.78 is 0. The Kier molecular flexibility index (Phi) is 9.16. The Bertz CT molecular complexity index is 255. The van der Waals surface area contributed by atoms with E-state index in [2.05, 4.69) is 34.6 Å². The normalized spacial score (nSPS) is 12.7. The topological polar surface area (TPSA) is 37.3 Å². The van der Waals surface area contributed by atoms with Gasteiger partial charge in [-0.15, -0.1) is 0 Å². The van der Waals surface area contributed by atoms with Crippen molar-refractivity contribution in [2.75, 3.05) is 0 Å². The summed E-state index contributed by atoms with van der Waals surface area (Å²) in [5.74, 6) is -0.560. The fourth-order valence-electron chi connectivity index (χ4n) is 2.84. The van der Waals surface area contributed by atoms with Gasteiger partial charge in [-0.1, -0.05) is 73.1 Å². The molecule has 0 saturated carbocycles. The first kappa shape index (κ1) is 19.5. The maximum Gasteiger partial charge on any atom is 0.309 e. The molecule has 0 aromatic rings. The van der Waals surface area contributed by atoms with Crippen molar-refractivity contribution in [3.05, 3.63) is 0 Å². The Hall–Kier alpha value is -0.530. The van der Waals surface area contributed by atoms with Gasteiger partial charge in [-0.05, 0) is 31.1 Å². The average molecular weight is 284 g/mol. The van der Waals surface area contributed by atoms with E-state index >= 15 is 0 Å². The molecule has 1 N–H and O–H groups in total. The number of carboxylic acid groups (broad SMARTS) is 1. The molecule has 0 aromatic heterocycles. The van der Waals surface area contributed by atoms with Gasteiger partial charge in [-0.3, -0.25) is 4.79 Å². The highest BCUT2D eigenvalue weighted by molar-refractivity contribution is 5.74. The zero-order valence-electron chi connectivity index (χ0n) is 14.4. The van der Waals surface area contributed by atoms with Crippen LogP contribution >= 0.6 is 0 Å². The van der Waals surface area contributed by atoms with Gasteiger partial charge in [0.25, 0.3) is 0 Å². The first-order chi connectivity index (χ1) is 9.27. The van der Waals surface area contributed by atoms with Gasteiger partial charge in [-0.25, -0.2) is 0 Å². The molecule has 2 heteroatoms. The molecule has 0 radical (unpaired) electrons. The lowest BCUT2D eigenvalue weighted by atomic mass is 9.74. The molecular weight excluding hydrogens is 248 g/mol. The van der Waals surface area contributed by atoms with Crippen LogP contribution < -0.4 is 0 Å². The Balaban J connectivity index is 4.51. The van der Waals surface area contributed by atoms with Crippen molar-refractivity contribution >= 4 is 5.97 Å². The minimum Gasteiger partial charge on any atom is -0.481 e. The molecule has 0 aliphatic carbocycles. The summed E-state index contributed by atoms with van der Waals surface area (Å²) in [6.45, 7) is 11.1. The summed E-state index contributed by atoms with van der Waals surface area (Å²) in [4.78, 5) is 11.8. The molecule has 0 heterocycles. The molecule has 0 aliphatic rings. The van der Waals surface area contributed by atoms with Crippen molar-refractivity contribution in [2.45, 2.75) is 98.8 Å². The molecule has 0 unspecified atom stereocenters. The highest BCUT2D eigenvalue weighted by Gasteiger charge is 2.36. The SMILES string of the molecule is CCCCC(CCCC)(CCCCC(C)(C)C)C(=O)O. The second-order valence-corrected chi connectivity index (χ2v) is 7.56. The van der Waals surface area contributed by atoms with Crippen LogP contribution in [0.3, 0.4) is 0 Å². The fraction of sp³-hybridized carbons (Fsp3) is 0.944. The predicted octanol–water partition coefficient (Wildman–Crippen LogP) is 6.04. The predicted molar refractivity (Wildman–Crippen MR) is 87.0 cm³/mol. The molecule has 0 saturated heterocycles. The van der Waals surface area contributed by atoms with E-state index in [0.29, 0.717) is 5.41 Å². The molecule has 120 valence electrons. The van der Waals surface area contributed by atoms with Crippen LogP contribution in [0.25, 0.3) is 0 Å². The van der Waals surface area contributed by atoms with Crippen LogP contribution in [0.2, 0.25) is 0 Å². The Labute approximate surface area is 126 Å². The minimum atomic E-state index is -0.560. The second-order valence-electron chi connectivity index (χ2n) is 7.56. The van der Waals surface area contributed by atoms with Gasteiger partial charge in [0.05, 0.1) is 5.41 Å². The number of carboxylic acids is 1. The van der Waals surface area contributed by atoms with Gasteiger partial charge in [0.15, 0.2) is 0 Å². The van der Waals surface area contributed by atoms with E-state index in [-0.39, 0.29) is 0 Å². The van der Waals surface area contributed by atoms with Crippen molar-refractivity contribution in [1.82, 2.24) is 0 Å². The van der Waals surface area contributed by atoms with Gasteiger partial charge in [0.1, 0.15) is 0 Å². The summed E-state index contributed by atoms with van der Waals surface area (Å²) in [6, 6.07) is 0. The molecule has 0 atom stereocenters. The third-order valence-corrected chi connectivity index (χ3v) is 4.30. The van der Waals surface area contributed by atoms with Gasteiger partial charge in [0, 0.05) is 0 Å². The Morgan fingerprint density at radius 3 is 1.55 bits per heavy atom. The van der Waals surface area contributed by atoms with E-state index in [1.165, 1.54) is 6.42 Å². The van der Waals surface area contributed by atoms with Gasteiger partial charge < -0.3 is 5.11 Å². The maximum absolute atomic E-state index is 11.8. The van der Waals surface area contributed by atoms with Gasteiger partial charge >= 0.3 is 5.97 Å². The van der Waals surface area contributed by atoms with E-state index < -0.39 is 11.4 Å². The van der Waals surface area contributed by atoms with Crippen LogP contribution in [0.15, 0.2) is 0 Å². The summed E-state index contributed by atoms with van der Waals surface area (Å²) in [7, 11) is 0. The monoisotopic (exact) mass is 284 g/mol. The molecule has 0 bridgehead atoms. The van der Waals surface area contributed by atoms with E-state index in [4.69, 9.17) is 0 Å². The number of rotatable bonds is 11. The van der Waals surface area contributed by atoms with Crippen molar-refractivity contribution in [3.63, 3.8) is 0 Å². The highest BCUT2D eigenvalue weighted by Crippen LogP contribution is 2.37. The smallest absolute Gasteiger partial charge is 0.309 e.